The van der Waals surface area contributed by atoms with E-state index in [1.54, 1.807) is 7.11 Å². The van der Waals surface area contributed by atoms with Gasteiger partial charge >= 0.3 is 0 Å². The molecule has 0 saturated carbocycles. The lowest BCUT2D eigenvalue weighted by atomic mass is 9.97. The quantitative estimate of drug-likeness (QED) is 0.586. The summed E-state index contributed by atoms with van der Waals surface area (Å²) in [4.78, 5) is 0. The molecule has 0 radical (unpaired) electrons. The van der Waals surface area contributed by atoms with Gasteiger partial charge in [0.05, 0.1) is 18.7 Å². The van der Waals surface area contributed by atoms with E-state index in [0.717, 1.165) is 6.42 Å². The second-order valence-corrected chi connectivity index (χ2v) is 3.05. The van der Waals surface area contributed by atoms with Crippen LogP contribution >= 0.6 is 0 Å². The molecule has 3 heteroatoms. The molecule has 0 aliphatic rings. The van der Waals surface area contributed by atoms with Gasteiger partial charge in [-0.2, -0.15) is 0 Å². The Bertz CT molecular complexity index is 177. The standard InChI is InChI=1S/C10H20N2O/c1-4-6-7-12-10(5-2,8-11)9-13-3/h12H,5,7-9,11H2,1-3H3. The highest BCUT2D eigenvalue weighted by Crippen LogP contribution is 2.07. The Hall–Kier alpha value is -0.560. The molecule has 3 N–H and O–H groups in total. The van der Waals surface area contributed by atoms with Gasteiger partial charge in [-0.25, -0.2) is 0 Å². The smallest absolute Gasteiger partial charge is 0.0657 e. The zero-order chi connectivity index (χ0) is 10.2. The van der Waals surface area contributed by atoms with Crippen LogP contribution in [0.15, 0.2) is 0 Å². The number of nitrogens with one attached hydrogen (secondary N) is 1. The van der Waals surface area contributed by atoms with Crippen molar-refractivity contribution in [1.29, 1.82) is 0 Å². The van der Waals surface area contributed by atoms with E-state index in [4.69, 9.17) is 10.5 Å². The lowest BCUT2D eigenvalue weighted by molar-refractivity contribution is 0.113. The summed E-state index contributed by atoms with van der Waals surface area (Å²) >= 11 is 0. The summed E-state index contributed by atoms with van der Waals surface area (Å²) in [7, 11) is 1.69. The van der Waals surface area contributed by atoms with Crippen LogP contribution in [0.1, 0.15) is 20.3 Å². The highest BCUT2D eigenvalue weighted by molar-refractivity contribution is 5.00. The maximum Gasteiger partial charge on any atom is 0.0657 e. The molecule has 0 saturated heterocycles. The third-order valence-electron chi connectivity index (χ3n) is 2.22. The van der Waals surface area contributed by atoms with Crippen LogP contribution in [0.3, 0.4) is 0 Å². The number of hydrogen-bond acceptors (Lipinski definition) is 3. The van der Waals surface area contributed by atoms with Gasteiger partial charge in [-0.1, -0.05) is 12.8 Å². The SMILES string of the molecule is CC#CCNC(CC)(CN)COC. The molecule has 0 fully saturated rings. The third kappa shape index (κ3) is 4.28. The van der Waals surface area contributed by atoms with Gasteiger partial charge < -0.3 is 10.5 Å². The summed E-state index contributed by atoms with van der Waals surface area (Å²) in [5.74, 6) is 5.79. The van der Waals surface area contributed by atoms with E-state index < -0.39 is 0 Å². The minimum Gasteiger partial charge on any atom is -0.383 e. The Morgan fingerprint density at radius 1 is 1.54 bits per heavy atom. The summed E-state index contributed by atoms with van der Waals surface area (Å²) in [5.41, 5.74) is 5.58. The number of ether oxygens (including phenoxy) is 1. The van der Waals surface area contributed by atoms with Gasteiger partial charge in [-0.05, 0) is 13.3 Å². The van der Waals surface area contributed by atoms with Crippen molar-refractivity contribution in [2.75, 3.05) is 26.8 Å². The molecule has 0 aromatic heterocycles. The molecule has 0 aromatic rings. The second-order valence-electron chi connectivity index (χ2n) is 3.05. The molecular formula is C10H20N2O. The zero-order valence-electron chi connectivity index (χ0n) is 8.81. The van der Waals surface area contributed by atoms with Gasteiger partial charge in [0.2, 0.25) is 0 Å². The summed E-state index contributed by atoms with van der Waals surface area (Å²) < 4.78 is 5.13. The van der Waals surface area contributed by atoms with Crippen LogP contribution in [0.2, 0.25) is 0 Å². The topological polar surface area (TPSA) is 47.3 Å². The van der Waals surface area contributed by atoms with Crippen molar-refractivity contribution in [2.45, 2.75) is 25.8 Å². The number of hydrogen-bond donors (Lipinski definition) is 2. The van der Waals surface area contributed by atoms with Crippen LogP contribution in [0.5, 0.6) is 0 Å². The maximum atomic E-state index is 5.70. The van der Waals surface area contributed by atoms with E-state index in [0.29, 0.717) is 19.7 Å². The van der Waals surface area contributed by atoms with E-state index in [-0.39, 0.29) is 5.54 Å². The molecule has 0 spiro atoms. The lowest BCUT2D eigenvalue weighted by Crippen LogP contribution is -2.54. The van der Waals surface area contributed by atoms with Crippen molar-refractivity contribution in [3.63, 3.8) is 0 Å². The maximum absolute atomic E-state index is 5.70. The average molecular weight is 184 g/mol. The third-order valence-corrected chi connectivity index (χ3v) is 2.22. The Kier molecular flexibility index (Phi) is 6.61. The molecule has 0 aromatic carbocycles. The predicted octanol–water partition coefficient (Wildman–Crippen LogP) is 0.353. The number of methoxy groups -OCH3 is 1. The Morgan fingerprint density at radius 2 is 2.23 bits per heavy atom. The first kappa shape index (κ1) is 12.4. The highest BCUT2D eigenvalue weighted by atomic mass is 16.5. The fourth-order valence-electron chi connectivity index (χ4n) is 1.15. The predicted molar refractivity (Wildman–Crippen MR) is 55.4 cm³/mol. The van der Waals surface area contributed by atoms with Gasteiger partial charge in [0.25, 0.3) is 0 Å². The Labute approximate surface area is 81.0 Å². The summed E-state index contributed by atoms with van der Waals surface area (Å²) in [6.45, 7) is 5.80. The summed E-state index contributed by atoms with van der Waals surface area (Å²) in [6.07, 6.45) is 0.947. The van der Waals surface area contributed by atoms with Crippen molar-refractivity contribution in [3.05, 3.63) is 0 Å². The van der Waals surface area contributed by atoms with Gasteiger partial charge in [0, 0.05) is 13.7 Å². The van der Waals surface area contributed by atoms with Gasteiger partial charge in [-0.3, -0.25) is 5.32 Å². The molecule has 76 valence electrons. The lowest BCUT2D eigenvalue weighted by Gasteiger charge is -2.31. The highest BCUT2D eigenvalue weighted by Gasteiger charge is 2.24. The van der Waals surface area contributed by atoms with Crippen LogP contribution in [-0.2, 0) is 4.74 Å². The van der Waals surface area contributed by atoms with Crippen LogP contribution in [0, 0.1) is 11.8 Å². The molecule has 0 heterocycles. The van der Waals surface area contributed by atoms with Crippen molar-refractivity contribution in [3.8, 4) is 11.8 Å². The zero-order valence-corrected chi connectivity index (χ0v) is 8.81. The molecule has 0 aliphatic heterocycles. The molecule has 0 rings (SSSR count). The van der Waals surface area contributed by atoms with E-state index >= 15 is 0 Å². The summed E-state index contributed by atoms with van der Waals surface area (Å²) in [6, 6.07) is 0. The molecule has 13 heavy (non-hydrogen) atoms. The van der Waals surface area contributed by atoms with Crippen molar-refractivity contribution in [2.24, 2.45) is 5.73 Å². The van der Waals surface area contributed by atoms with Crippen molar-refractivity contribution < 1.29 is 4.74 Å². The number of nitrogens with two attached hydrogens (primary N) is 1. The molecular weight excluding hydrogens is 164 g/mol. The number of rotatable bonds is 6. The molecule has 0 aliphatic carbocycles. The second kappa shape index (κ2) is 6.90. The molecule has 1 atom stereocenters. The van der Waals surface area contributed by atoms with E-state index in [9.17, 15) is 0 Å². The van der Waals surface area contributed by atoms with Crippen molar-refractivity contribution >= 4 is 0 Å². The minimum atomic E-state index is -0.113. The molecule has 3 nitrogen and oxygen atoms in total. The van der Waals surface area contributed by atoms with Gasteiger partial charge in [0.1, 0.15) is 0 Å². The Morgan fingerprint density at radius 3 is 2.62 bits per heavy atom. The summed E-state index contributed by atoms with van der Waals surface area (Å²) in [5, 5.41) is 3.31. The van der Waals surface area contributed by atoms with E-state index in [1.807, 2.05) is 6.92 Å². The van der Waals surface area contributed by atoms with Crippen LogP contribution in [-0.4, -0.2) is 32.3 Å². The first-order chi connectivity index (χ1) is 6.24. The van der Waals surface area contributed by atoms with Crippen LogP contribution in [0.4, 0.5) is 0 Å². The van der Waals surface area contributed by atoms with E-state index in [2.05, 4.69) is 24.1 Å². The first-order valence-corrected chi connectivity index (χ1v) is 4.58. The van der Waals surface area contributed by atoms with Crippen molar-refractivity contribution in [1.82, 2.24) is 5.32 Å². The normalized spacial score (nSPS) is 14.5. The van der Waals surface area contributed by atoms with E-state index in [1.165, 1.54) is 0 Å². The molecule has 1 unspecified atom stereocenters. The fraction of sp³-hybridized carbons (Fsp3) is 0.800. The largest absolute Gasteiger partial charge is 0.383 e. The molecule has 0 amide bonds. The average Bonchev–Trinajstić information content (AvgIpc) is 2.17. The van der Waals surface area contributed by atoms with Crippen LogP contribution in [0.25, 0.3) is 0 Å². The first-order valence-electron chi connectivity index (χ1n) is 4.58. The fourth-order valence-corrected chi connectivity index (χ4v) is 1.15. The van der Waals surface area contributed by atoms with Crippen LogP contribution < -0.4 is 11.1 Å². The van der Waals surface area contributed by atoms with Gasteiger partial charge in [0.15, 0.2) is 0 Å². The minimum absolute atomic E-state index is 0.113. The monoisotopic (exact) mass is 184 g/mol. The molecule has 0 bridgehead atoms. The Balaban J connectivity index is 4.09. The van der Waals surface area contributed by atoms with Gasteiger partial charge in [-0.15, -0.1) is 5.92 Å².